The molecule has 0 bridgehead atoms. The maximum atomic E-state index is 13.8. The molecule has 3 rings (SSSR count). The van der Waals surface area contributed by atoms with E-state index >= 15 is 0 Å². The van der Waals surface area contributed by atoms with Crippen molar-refractivity contribution in [2.45, 2.75) is 40.5 Å². The molecule has 0 fully saturated rings. The van der Waals surface area contributed by atoms with Crippen molar-refractivity contribution < 1.29 is 13.1 Å². The Labute approximate surface area is 160 Å². The maximum Gasteiger partial charge on any atom is 0.934 e. The molecule has 2 heterocycles. The van der Waals surface area contributed by atoms with Crippen LogP contribution in [-0.2, 0) is 7.05 Å². The number of aromatic nitrogens is 1. The first kappa shape index (κ1) is 19.3. The minimum Gasteiger partial charge on any atom is -0.344 e. The zero-order valence-electron chi connectivity index (χ0n) is 16.7. The van der Waals surface area contributed by atoms with Crippen molar-refractivity contribution in [3.8, 4) is 11.3 Å². The fourth-order valence-electron chi connectivity index (χ4n) is 3.81. The van der Waals surface area contributed by atoms with Crippen molar-refractivity contribution in [2.24, 2.45) is 7.05 Å². The van der Waals surface area contributed by atoms with Gasteiger partial charge >= 0.3 is 7.40 Å². The van der Waals surface area contributed by atoms with E-state index in [9.17, 15) is 8.63 Å². The lowest BCUT2D eigenvalue weighted by atomic mass is 10.0. The van der Waals surface area contributed by atoms with Gasteiger partial charge in [0.15, 0.2) is 11.4 Å². The maximum absolute atomic E-state index is 13.8. The summed E-state index contributed by atoms with van der Waals surface area (Å²) in [6, 6.07) is 12.4. The lowest BCUT2D eigenvalue weighted by Gasteiger charge is -2.07. The molecule has 1 aromatic heterocycles. The molecule has 0 saturated carbocycles. The van der Waals surface area contributed by atoms with Gasteiger partial charge in [0.25, 0.3) is 0 Å². The molecule has 2 nitrogen and oxygen atoms in total. The number of allylic oxidation sites excluding steroid dienone is 2. The van der Waals surface area contributed by atoms with E-state index in [-0.39, 0.29) is 0 Å². The molecule has 0 radical (unpaired) electrons. The average molecular weight is 367 g/mol. The largest absolute Gasteiger partial charge is 0.934 e. The Hall–Kier alpha value is -2.43. The van der Waals surface area contributed by atoms with Crippen molar-refractivity contribution in [1.82, 2.24) is 4.57 Å². The minimum absolute atomic E-state index is 0.600. The molecular weight excluding hydrogens is 341 g/mol. The van der Waals surface area contributed by atoms with Gasteiger partial charge in [-0.2, -0.15) is 0 Å². The highest BCUT2D eigenvalue weighted by Gasteiger charge is 2.45. The molecule has 1 aromatic carbocycles. The first-order valence-corrected chi connectivity index (χ1v) is 9.41. The summed E-state index contributed by atoms with van der Waals surface area (Å²) >= 11 is 0. The molecule has 5 heteroatoms. The van der Waals surface area contributed by atoms with E-state index in [1.54, 1.807) is 6.92 Å². The summed E-state index contributed by atoms with van der Waals surface area (Å²) in [4.78, 5) is 0. The van der Waals surface area contributed by atoms with Crippen molar-refractivity contribution in [3.05, 3.63) is 64.5 Å². The zero-order chi connectivity index (χ0) is 19.7. The molecule has 0 atom stereocenters. The van der Waals surface area contributed by atoms with Gasteiger partial charge < -0.3 is 4.57 Å². The lowest BCUT2D eigenvalue weighted by Crippen LogP contribution is -2.24. The molecule has 0 spiro atoms. The molecule has 2 aromatic rings. The topological polar surface area (TPSA) is 7.94 Å². The van der Waals surface area contributed by atoms with Crippen LogP contribution < -0.4 is 0 Å². The van der Waals surface area contributed by atoms with Gasteiger partial charge in [-0.05, 0) is 38.0 Å². The Morgan fingerprint density at radius 1 is 1.04 bits per heavy atom. The second-order valence-electron chi connectivity index (χ2n) is 7.18. The summed E-state index contributed by atoms with van der Waals surface area (Å²) < 4.78 is 30.8. The zero-order valence-corrected chi connectivity index (χ0v) is 16.7. The highest BCUT2D eigenvalue weighted by Crippen LogP contribution is 2.31. The highest BCUT2D eigenvalue weighted by atomic mass is 19.2. The van der Waals surface area contributed by atoms with E-state index in [1.165, 1.54) is 10.0 Å². The average Bonchev–Trinajstić information content (AvgIpc) is 3.09. The van der Waals surface area contributed by atoms with E-state index in [1.807, 2.05) is 32.2 Å². The number of rotatable bonds is 5. The predicted octanol–water partition coefficient (Wildman–Crippen LogP) is 5.87. The number of hydrogen-bond donors (Lipinski definition) is 0. The van der Waals surface area contributed by atoms with Crippen LogP contribution >= 0.6 is 0 Å². The van der Waals surface area contributed by atoms with E-state index in [0.717, 1.165) is 40.9 Å². The third kappa shape index (κ3) is 3.55. The van der Waals surface area contributed by atoms with Gasteiger partial charge in [-0.15, -0.1) is 0 Å². The molecule has 0 amide bonds. The van der Waals surface area contributed by atoms with Crippen LogP contribution in [-0.4, -0.2) is 22.2 Å². The molecule has 27 heavy (non-hydrogen) atoms. The van der Waals surface area contributed by atoms with Crippen LogP contribution in [0.15, 0.2) is 53.2 Å². The van der Waals surface area contributed by atoms with Crippen LogP contribution in [0.4, 0.5) is 8.63 Å². The van der Waals surface area contributed by atoms with Gasteiger partial charge in [0.05, 0.1) is 0 Å². The normalized spacial score (nSPS) is 16.0. The number of hydrogen-bond acceptors (Lipinski definition) is 0. The minimum atomic E-state index is -2.54. The van der Waals surface area contributed by atoms with Crippen molar-refractivity contribution in [1.29, 1.82) is 0 Å². The van der Waals surface area contributed by atoms with Crippen LogP contribution in [0.1, 0.15) is 44.9 Å². The smallest absolute Gasteiger partial charge is 0.344 e. The summed E-state index contributed by atoms with van der Waals surface area (Å²) in [5.74, 6) is 0. The quantitative estimate of drug-likeness (QED) is 0.584. The molecule has 0 saturated heterocycles. The van der Waals surface area contributed by atoms with Gasteiger partial charge in [-0.1, -0.05) is 43.2 Å². The van der Waals surface area contributed by atoms with Gasteiger partial charge in [0, 0.05) is 42.6 Å². The van der Waals surface area contributed by atoms with Crippen molar-refractivity contribution in [2.75, 3.05) is 0 Å². The summed E-state index contributed by atoms with van der Waals surface area (Å²) in [5, 5.41) is 0. The van der Waals surface area contributed by atoms with E-state index < -0.39 is 7.40 Å². The Kier molecular flexibility index (Phi) is 5.49. The highest BCUT2D eigenvalue weighted by molar-refractivity contribution is 6.35. The summed E-state index contributed by atoms with van der Waals surface area (Å²) in [7, 11) is -0.566. The Bertz CT molecular complexity index is 947. The summed E-state index contributed by atoms with van der Waals surface area (Å²) in [5.41, 5.74) is 7.57. The van der Waals surface area contributed by atoms with E-state index in [0.29, 0.717) is 11.4 Å². The third-order valence-corrected chi connectivity index (χ3v) is 5.38. The number of benzene rings is 1. The monoisotopic (exact) mass is 367 g/mol. The number of aryl methyl sites for hydroxylation is 1. The van der Waals surface area contributed by atoms with Crippen molar-refractivity contribution >= 4 is 19.2 Å². The van der Waals surface area contributed by atoms with Crippen LogP contribution in [0.25, 0.3) is 17.3 Å². The fraction of sp³-hybridized carbons (Fsp3) is 0.318. The number of nitrogens with zero attached hydrogens (tertiary/aromatic N) is 2. The van der Waals surface area contributed by atoms with E-state index in [4.69, 9.17) is 0 Å². The first-order chi connectivity index (χ1) is 12.8. The predicted molar refractivity (Wildman–Crippen MR) is 110 cm³/mol. The molecule has 1 aliphatic rings. The molecule has 0 aliphatic carbocycles. The Morgan fingerprint density at radius 2 is 1.70 bits per heavy atom. The fourth-order valence-corrected chi connectivity index (χ4v) is 3.81. The molecule has 140 valence electrons. The van der Waals surface area contributed by atoms with Crippen LogP contribution in [0.2, 0.25) is 0 Å². The second kappa shape index (κ2) is 7.67. The van der Waals surface area contributed by atoms with E-state index in [2.05, 4.69) is 42.7 Å². The third-order valence-electron chi connectivity index (χ3n) is 5.38. The van der Waals surface area contributed by atoms with Crippen LogP contribution in [0.3, 0.4) is 0 Å². The Balaban J connectivity index is 2.07. The SMILES string of the molecule is CCCC1=C(C)/C(=C/c2ccc(-c3ccc(C)cc3)n2C)[N+](B(F)F)=C1C. The lowest BCUT2D eigenvalue weighted by molar-refractivity contribution is -0.342. The molecule has 1 aliphatic heterocycles. The first-order valence-electron chi connectivity index (χ1n) is 9.41. The Morgan fingerprint density at radius 3 is 2.30 bits per heavy atom. The van der Waals surface area contributed by atoms with Gasteiger partial charge in [0.1, 0.15) is 0 Å². The number of halogens is 2. The second-order valence-corrected chi connectivity index (χ2v) is 7.18. The van der Waals surface area contributed by atoms with Crippen molar-refractivity contribution in [3.63, 3.8) is 0 Å². The van der Waals surface area contributed by atoms with Crippen LogP contribution in [0, 0.1) is 6.92 Å². The van der Waals surface area contributed by atoms with Gasteiger partial charge in [0.2, 0.25) is 0 Å². The molecule has 0 N–H and O–H groups in total. The summed E-state index contributed by atoms with van der Waals surface area (Å²) in [6.07, 6.45) is 3.64. The summed E-state index contributed by atoms with van der Waals surface area (Å²) in [6.45, 7) is 7.88. The molecule has 0 unspecified atom stereocenters. The van der Waals surface area contributed by atoms with Crippen LogP contribution in [0.5, 0.6) is 0 Å². The molecular formula is C22H26BF2N2+. The van der Waals surface area contributed by atoms with Gasteiger partial charge in [-0.3, -0.25) is 0 Å². The van der Waals surface area contributed by atoms with Gasteiger partial charge in [-0.25, -0.2) is 13.1 Å². The standard InChI is InChI=1S/C22H26BF2N2/c1-6-7-20-16(3)22(27(17(20)4)23(24)25)14-19-12-13-21(26(19)5)18-10-8-15(2)9-11-18/h8-14H,6-7H2,1-5H3/q+1.